The van der Waals surface area contributed by atoms with E-state index in [1.54, 1.807) is 31.7 Å². The van der Waals surface area contributed by atoms with Crippen LogP contribution in [0.2, 0.25) is 0 Å². The van der Waals surface area contributed by atoms with Crippen LogP contribution in [0.1, 0.15) is 106 Å². The number of rotatable bonds is 14. The van der Waals surface area contributed by atoms with Crippen LogP contribution in [-0.2, 0) is 33.4 Å². The molecule has 0 aromatic heterocycles. The molecule has 4 aliphatic rings. The van der Waals surface area contributed by atoms with Crippen molar-refractivity contribution in [2.24, 2.45) is 23.2 Å². The minimum absolute atomic E-state index is 0.0718. The van der Waals surface area contributed by atoms with E-state index in [0.29, 0.717) is 13.0 Å². The molecule has 5 atom stereocenters. The average Bonchev–Trinajstić information content (AvgIpc) is 3.76. The Bertz CT molecular complexity index is 1250. The number of carbonyl (C=O) groups excluding carboxylic acids is 6. The molecule has 1 heterocycles. The molecule has 12 nitrogen and oxygen atoms in total. The van der Waals surface area contributed by atoms with Crippen LogP contribution in [0.3, 0.4) is 0 Å². The monoisotopic (exact) mass is 658 g/mol. The lowest BCUT2D eigenvalue weighted by atomic mass is 9.83. The van der Waals surface area contributed by atoms with Gasteiger partial charge in [0.05, 0.1) is 12.5 Å². The van der Waals surface area contributed by atoms with E-state index < -0.39 is 59.0 Å². The first-order valence-corrected chi connectivity index (χ1v) is 17.2. The van der Waals surface area contributed by atoms with Crippen molar-refractivity contribution in [3.63, 3.8) is 0 Å². The van der Waals surface area contributed by atoms with Crippen LogP contribution in [0.25, 0.3) is 0 Å². The van der Waals surface area contributed by atoms with Gasteiger partial charge < -0.3 is 30.3 Å². The van der Waals surface area contributed by atoms with Crippen molar-refractivity contribution < 1.29 is 38.2 Å². The Kier molecular flexibility index (Phi) is 11.1. The Balaban J connectivity index is 1.46. The summed E-state index contributed by atoms with van der Waals surface area (Å²) in [5.74, 6) is -3.17. The van der Waals surface area contributed by atoms with Crippen LogP contribution in [0, 0.1) is 23.2 Å². The number of Topliss-reactive ketones (excluding diaryl/α,β-unsaturated/α-hetero) is 1. The van der Waals surface area contributed by atoms with E-state index in [9.17, 15) is 28.8 Å². The number of likely N-dealkylation sites (tertiary alicyclic amines) is 1. The number of ether oxygens (including phenoxy) is 2. The molecule has 0 radical (unpaired) electrons. The van der Waals surface area contributed by atoms with Gasteiger partial charge in [0, 0.05) is 13.1 Å². The molecule has 12 heteroatoms. The zero-order valence-corrected chi connectivity index (χ0v) is 28.9. The lowest BCUT2D eigenvalue weighted by Crippen LogP contribution is -2.59. The number of ketones is 1. The van der Waals surface area contributed by atoms with Crippen LogP contribution < -0.4 is 16.0 Å². The third-order valence-corrected chi connectivity index (χ3v) is 10.3. The maximum Gasteiger partial charge on any atom is 0.408 e. The van der Waals surface area contributed by atoms with Crippen LogP contribution in [0.15, 0.2) is 12.7 Å². The Hall–Kier alpha value is -3.44. The first-order chi connectivity index (χ1) is 22.0. The van der Waals surface area contributed by atoms with E-state index >= 15 is 0 Å². The zero-order chi connectivity index (χ0) is 34.7. The van der Waals surface area contributed by atoms with Crippen LogP contribution in [-0.4, -0.2) is 82.9 Å². The van der Waals surface area contributed by atoms with Gasteiger partial charge in [0.1, 0.15) is 23.3 Å². The fourth-order valence-electron chi connectivity index (χ4n) is 7.21. The molecule has 1 saturated heterocycles. The number of hydrogen-bond donors (Lipinski definition) is 3. The summed E-state index contributed by atoms with van der Waals surface area (Å²) in [6.45, 7) is 15.2. The zero-order valence-electron chi connectivity index (χ0n) is 28.9. The maximum absolute atomic E-state index is 14.3. The number of nitrogens with one attached hydrogen (secondary N) is 3. The standard InChI is InChI=1S/C35H54N4O8/c1-8-9-15-23(28(41)30(43)36-19-16-24(40)46-35(7)17-18-35)37-29(42)27-25-22(34(25,5)6)20-39(27)31(44)26(21-13-11-10-12-14-21)38-32(45)47-33(2,3)4/h8,21-23,25-27H,1,9-20H2,2-7H3,(H,36,43)(H,37,42)(H,38,45)/t22-,23-,25-,26-,27-/m0/s1. The molecule has 4 amide bonds. The number of carbonyl (C=O) groups is 6. The van der Waals surface area contributed by atoms with E-state index in [1.165, 1.54) is 0 Å². The lowest BCUT2D eigenvalue weighted by molar-refractivity contribution is -0.150. The highest BCUT2D eigenvalue weighted by atomic mass is 16.6. The molecule has 3 aliphatic carbocycles. The van der Waals surface area contributed by atoms with Gasteiger partial charge in [-0.15, -0.1) is 6.58 Å². The summed E-state index contributed by atoms with van der Waals surface area (Å²) in [5.41, 5.74) is -1.37. The summed E-state index contributed by atoms with van der Waals surface area (Å²) < 4.78 is 10.9. The summed E-state index contributed by atoms with van der Waals surface area (Å²) in [4.78, 5) is 81.0. The summed E-state index contributed by atoms with van der Waals surface area (Å²) in [6.07, 6.45) is 7.47. The molecule has 0 aromatic carbocycles. The smallest absolute Gasteiger partial charge is 0.408 e. The van der Waals surface area contributed by atoms with Gasteiger partial charge in [-0.3, -0.25) is 24.0 Å². The predicted molar refractivity (Wildman–Crippen MR) is 174 cm³/mol. The molecule has 0 spiro atoms. The van der Waals surface area contributed by atoms with Crippen molar-refractivity contribution in [1.82, 2.24) is 20.9 Å². The minimum Gasteiger partial charge on any atom is -0.459 e. The number of alkyl carbamates (subject to hydrolysis) is 1. The van der Waals surface area contributed by atoms with Gasteiger partial charge in [-0.1, -0.05) is 39.2 Å². The second-order valence-electron chi connectivity index (χ2n) is 15.6. The normalized spacial score (nSPS) is 25.3. The van der Waals surface area contributed by atoms with E-state index in [-0.39, 0.29) is 48.5 Å². The highest BCUT2D eigenvalue weighted by molar-refractivity contribution is 6.38. The van der Waals surface area contributed by atoms with Crippen LogP contribution in [0.4, 0.5) is 4.79 Å². The van der Waals surface area contributed by atoms with Gasteiger partial charge in [0.2, 0.25) is 17.6 Å². The van der Waals surface area contributed by atoms with Gasteiger partial charge >= 0.3 is 12.1 Å². The number of hydrogen-bond acceptors (Lipinski definition) is 8. The molecule has 0 bridgehead atoms. The summed E-state index contributed by atoms with van der Waals surface area (Å²) in [7, 11) is 0. The number of piperidine rings is 1. The van der Waals surface area contributed by atoms with E-state index in [4.69, 9.17) is 9.47 Å². The predicted octanol–water partition coefficient (Wildman–Crippen LogP) is 3.57. The van der Waals surface area contributed by atoms with Gasteiger partial charge in [-0.25, -0.2) is 4.79 Å². The number of fused-ring (bicyclic) bond motifs is 1. The van der Waals surface area contributed by atoms with Crippen molar-refractivity contribution in [3.8, 4) is 0 Å². The molecular weight excluding hydrogens is 604 g/mol. The van der Waals surface area contributed by atoms with E-state index in [0.717, 1.165) is 44.9 Å². The van der Waals surface area contributed by atoms with Crippen LogP contribution >= 0.6 is 0 Å². The highest BCUT2D eigenvalue weighted by Gasteiger charge is 2.69. The molecule has 1 aliphatic heterocycles. The molecule has 4 rings (SSSR count). The number of allylic oxidation sites excluding steroid dienone is 1. The minimum atomic E-state index is -1.15. The molecule has 262 valence electrons. The Morgan fingerprint density at radius 3 is 2.26 bits per heavy atom. The summed E-state index contributed by atoms with van der Waals surface area (Å²) in [6, 6.07) is -2.86. The van der Waals surface area contributed by atoms with Gasteiger partial charge in [0.25, 0.3) is 5.91 Å². The van der Waals surface area contributed by atoms with E-state index in [1.807, 2.05) is 6.92 Å². The van der Waals surface area contributed by atoms with Crippen molar-refractivity contribution in [1.29, 1.82) is 0 Å². The third-order valence-electron chi connectivity index (χ3n) is 10.3. The van der Waals surface area contributed by atoms with Crippen LogP contribution in [0.5, 0.6) is 0 Å². The van der Waals surface area contributed by atoms with Crippen molar-refractivity contribution >= 4 is 35.6 Å². The molecular formula is C35H54N4O8. The first-order valence-electron chi connectivity index (χ1n) is 17.2. The number of esters is 1. The molecule has 0 aromatic rings. The number of amides is 4. The molecule has 3 saturated carbocycles. The second kappa shape index (κ2) is 14.4. The average molecular weight is 659 g/mol. The first kappa shape index (κ1) is 36.4. The molecule has 0 unspecified atom stereocenters. The van der Waals surface area contributed by atoms with Crippen molar-refractivity contribution in [2.75, 3.05) is 13.1 Å². The quantitative estimate of drug-likeness (QED) is 0.145. The lowest BCUT2D eigenvalue weighted by Gasteiger charge is -2.37. The SMILES string of the molecule is C=CCC[C@H](NC(=O)[C@@H]1[C@@H]2[C@H](CN1C(=O)[C@@H](NC(=O)OC(C)(C)C)C1CCCCC1)C2(C)C)C(=O)C(=O)NCCC(=O)OC1(C)CC1. The highest BCUT2D eigenvalue weighted by Crippen LogP contribution is 2.65. The van der Waals surface area contributed by atoms with E-state index in [2.05, 4.69) is 36.4 Å². The van der Waals surface area contributed by atoms with Gasteiger partial charge in [-0.2, -0.15) is 0 Å². The second-order valence-corrected chi connectivity index (χ2v) is 15.6. The largest absolute Gasteiger partial charge is 0.459 e. The van der Waals surface area contributed by atoms with Crippen molar-refractivity contribution in [2.45, 2.75) is 135 Å². The summed E-state index contributed by atoms with van der Waals surface area (Å²) in [5, 5.41) is 8.11. The number of nitrogens with zero attached hydrogens (tertiary/aromatic N) is 1. The van der Waals surface area contributed by atoms with Gasteiger partial charge in [-0.05, 0) is 89.4 Å². The molecule has 3 N–H and O–H groups in total. The van der Waals surface area contributed by atoms with Gasteiger partial charge in [0.15, 0.2) is 0 Å². The fraction of sp³-hybridized carbons (Fsp3) is 0.771. The Labute approximate surface area is 278 Å². The topological polar surface area (TPSA) is 160 Å². The maximum atomic E-state index is 14.3. The van der Waals surface area contributed by atoms with Crippen molar-refractivity contribution in [3.05, 3.63) is 12.7 Å². The molecule has 47 heavy (non-hydrogen) atoms. The Morgan fingerprint density at radius 1 is 1.00 bits per heavy atom. The fourth-order valence-corrected chi connectivity index (χ4v) is 7.21. The Morgan fingerprint density at radius 2 is 1.66 bits per heavy atom. The molecule has 4 fully saturated rings. The third kappa shape index (κ3) is 9.13. The summed E-state index contributed by atoms with van der Waals surface area (Å²) >= 11 is 0.